The lowest BCUT2D eigenvalue weighted by atomic mass is 10.1. The Bertz CT molecular complexity index is 8310. The standard InChI is InChI=1S/3C25H17NO.C24H16N2O.C19H15N/c2*1-16-7-6-10-20-21-15-17(13-14-24(21)27-25(16)20)26-22-11-4-2-8-18(22)19-9-3-5-12-23(19)26;1-16-10-12-24-20(14-16)21-15-17(11-13-25(21)27-24)26-22-8-4-2-6-18(22)19-7-3-5-9-23(19)26;1-15-7-6-10-19-20-13-16(14-25-24(20)27-23(15)19)26-21-11-4-2-8-17(21)18-9-3-5-12-22(18)26;1-14-7-6-8-15(13-14)20-18-11-4-2-9-16(18)17-10-3-5-12-19(17)20/h3*2-15H,1H3;2-14H,1H3;2-13H,1H3. The Balaban J connectivity index is 0.0000000894. The highest BCUT2D eigenvalue weighted by atomic mass is 16.3. The number of benzene rings is 18. The molecule has 608 valence electrons. The van der Waals surface area contributed by atoms with Crippen LogP contribution >= 0.6 is 0 Å². The fourth-order valence-corrected chi connectivity index (χ4v) is 19.9. The van der Waals surface area contributed by atoms with Crippen molar-refractivity contribution in [2.75, 3.05) is 0 Å². The Morgan fingerprint density at radius 1 is 0.172 bits per heavy atom. The van der Waals surface area contributed by atoms with E-state index in [4.69, 9.17) is 17.7 Å². The van der Waals surface area contributed by atoms with E-state index >= 15 is 0 Å². The van der Waals surface area contributed by atoms with Crippen molar-refractivity contribution in [3.05, 3.63) is 434 Å². The summed E-state index contributed by atoms with van der Waals surface area (Å²) >= 11 is 0. The normalized spacial score (nSPS) is 11.8. The molecule has 0 fully saturated rings. The fourth-order valence-electron chi connectivity index (χ4n) is 19.9. The summed E-state index contributed by atoms with van der Waals surface area (Å²) in [7, 11) is 0. The molecule has 0 radical (unpaired) electrons. The highest BCUT2D eigenvalue weighted by molar-refractivity contribution is 6.17. The quantitative estimate of drug-likeness (QED) is 0.171. The number of nitrogens with zero attached hydrogens (tertiary/aromatic N) is 6. The average molecular weight is 1650 g/mol. The molecular formula is C118H82N6O4. The van der Waals surface area contributed by atoms with Crippen LogP contribution in [0.3, 0.4) is 0 Å². The molecule has 28 rings (SSSR count). The maximum absolute atomic E-state index is 6.12. The molecule has 0 atom stereocenters. The third kappa shape index (κ3) is 12.3. The van der Waals surface area contributed by atoms with Crippen LogP contribution in [-0.4, -0.2) is 27.8 Å². The van der Waals surface area contributed by atoms with E-state index in [1.54, 1.807) is 0 Å². The zero-order valence-electron chi connectivity index (χ0n) is 71.0. The smallest absolute Gasteiger partial charge is 0.227 e. The lowest BCUT2D eigenvalue weighted by Crippen LogP contribution is -1.94. The van der Waals surface area contributed by atoms with Crippen molar-refractivity contribution in [2.24, 2.45) is 0 Å². The van der Waals surface area contributed by atoms with E-state index in [0.717, 1.165) is 94.3 Å². The predicted molar refractivity (Wildman–Crippen MR) is 534 cm³/mol. The molecule has 10 aromatic heterocycles. The van der Waals surface area contributed by atoms with Gasteiger partial charge in [-0.05, 0) is 202 Å². The van der Waals surface area contributed by atoms with Gasteiger partial charge in [0.05, 0.1) is 72.4 Å². The summed E-state index contributed by atoms with van der Waals surface area (Å²) in [6.45, 7) is 10.5. The molecule has 0 saturated heterocycles. The molecular weight excluding hydrogens is 1570 g/mol. The molecule has 0 unspecified atom stereocenters. The van der Waals surface area contributed by atoms with Crippen LogP contribution in [0.4, 0.5) is 0 Å². The van der Waals surface area contributed by atoms with Crippen molar-refractivity contribution >= 4 is 197 Å². The zero-order chi connectivity index (χ0) is 85.4. The summed E-state index contributed by atoms with van der Waals surface area (Å²) in [5.41, 5.74) is 31.3. The Hall–Kier alpha value is -16.7. The molecule has 10 heteroatoms. The van der Waals surface area contributed by atoms with Gasteiger partial charge in [0.1, 0.15) is 39.1 Å². The van der Waals surface area contributed by atoms with Gasteiger partial charge in [-0.25, -0.2) is 4.98 Å². The van der Waals surface area contributed by atoms with E-state index < -0.39 is 0 Å². The molecule has 28 aromatic rings. The predicted octanol–water partition coefficient (Wildman–Crippen LogP) is 32.5. The summed E-state index contributed by atoms with van der Waals surface area (Å²) in [6.07, 6.45) is 1.90. The minimum absolute atomic E-state index is 0.684. The highest BCUT2D eigenvalue weighted by Gasteiger charge is 2.22. The second-order valence-electron chi connectivity index (χ2n) is 33.5. The second kappa shape index (κ2) is 30.4. The first-order valence-corrected chi connectivity index (χ1v) is 43.6. The largest absolute Gasteiger partial charge is 0.456 e. The Morgan fingerprint density at radius 2 is 0.414 bits per heavy atom. The number of para-hydroxylation sites is 13. The van der Waals surface area contributed by atoms with E-state index in [1.807, 2.05) is 6.20 Å². The number of fused-ring (bicyclic) bond motifs is 27. The molecule has 0 aliphatic rings. The lowest BCUT2D eigenvalue weighted by molar-refractivity contribution is 0.651. The van der Waals surface area contributed by atoms with Crippen molar-refractivity contribution in [3.63, 3.8) is 0 Å². The molecule has 0 N–H and O–H groups in total. The maximum atomic E-state index is 6.12. The second-order valence-corrected chi connectivity index (χ2v) is 33.5. The summed E-state index contributed by atoms with van der Waals surface area (Å²) in [5.74, 6) is 0. The van der Waals surface area contributed by atoms with Gasteiger partial charge in [-0.15, -0.1) is 0 Å². The maximum Gasteiger partial charge on any atom is 0.227 e. The monoisotopic (exact) mass is 1650 g/mol. The third-order valence-electron chi connectivity index (χ3n) is 25.7. The number of aromatic nitrogens is 6. The van der Waals surface area contributed by atoms with Crippen LogP contribution in [-0.2, 0) is 0 Å². The number of pyridine rings is 1. The van der Waals surface area contributed by atoms with Gasteiger partial charge in [0, 0.05) is 114 Å². The van der Waals surface area contributed by atoms with Crippen LogP contribution in [0.5, 0.6) is 0 Å². The zero-order valence-corrected chi connectivity index (χ0v) is 71.0. The van der Waals surface area contributed by atoms with E-state index in [-0.39, 0.29) is 0 Å². The van der Waals surface area contributed by atoms with E-state index in [9.17, 15) is 0 Å². The average Bonchev–Trinajstić information content (AvgIpc) is 1.59. The molecule has 10 heterocycles. The van der Waals surface area contributed by atoms with Crippen LogP contribution in [0.25, 0.3) is 225 Å². The van der Waals surface area contributed by atoms with Crippen molar-refractivity contribution in [2.45, 2.75) is 34.6 Å². The summed E-state index contributed by atoms with van der Waals surface area (Å²) < 4.78 is 36.0. The third-order valence-corrected chi connectivity index (χ3v) is 25.7. The topological polar surface area (TPSA) is 90.1 Å². The molecule has 10 nitrogen and oxygen atoms in total. The SMILES string of the molecule is Cc1ccc2oc3ccc(-n4c5ccccc5c5ccccc54)cc3c2c1.Cc1cccc(-n2c3ccccc3c3ccccc32)c1.Cc1cccc2c1oc1ccc(-n3c4ccccc4c4ccccc43)cc12.Cc1cccc2c1oc1ccc(-n3c4ccccc4c4ccccc43)cc12.Cc1cccc2c1oc1ncc(-n3c4ccccc4c4ccccc43)cc12. The first-order chi connectivity index (χ1) is 63.1. The van der Waals surface area contributed by atoms with Crippen LogP contribution in [0.1, 0.15) is 27.8 Å². The van der Waals surface area contributed by atoms with Crippen molar-refractivity contribution < 1.29 is 17.7 Å². The van der Waals surface area contributed by atoms with Gasteiger partial charge in [0.15, 0.2) is 0 Å². The summed E-state index contributed by atoms with van der Waals surface area (Å²) in [4.78, 5) is 4.64. The Labute approximate surface area is 735 Å². The van der Waals surface area contributed by atoms with Gasteiger partial charge < -0.3 is 40.5 Å². The number of hydrogen-bond donors (Lipinski definition) is 0. The molecule has 0 amide bonds. The Morgan fingerprint density at radius 3 is 0.750 bits per heavy atom. The van der Waals surface area contributed by atoms with Gasteiger partial charge in [0.2, 0.25) is 5.71 Å². The van der Waals surface area contributed by atoms with E-state index in [1.165, 1.54) is 153 Å². The Kier molecular flexibility index (Phi) is 17.8. The minimum atomic E-state index is 0.684. The minimum Gasteiger partial charge on any atom is -0.456 e. The van der Waals surface area contributed by atoms with Gasteiger partial charge >= 0.3 is 0 Å². The van der Waals surface area contributed by atoms with E-state index in [2.05, 4.69) is 463 Å². The molecule has 18 aromatic carbocycles. The summed E-state index contributed by atoms with van der Waals surface area (Å²) in [6, 6.07) is 141. The van der Waals surface area contributed by atoms with Gasteiger partial charge in [-0.3, -0.25) is 0 Å². The van der Waals surface area contributed by atoms with Crippen molar-refractivity contribution in [1.82, 2.24) is 27.8 Å². The van der Waals surface area contributed by atoms with Gasteiger partial charge in [0.25, 0.3) is 0 Å². The van der Waals surface area contributed by atoms with E-state index in [0.29, 0.717) is 5.71 Å². The van der Waals surface area contributed by atoms with Crippen LogP contribution in [0.15, 0.2) is 424 Å². The fraction of sp³-hybridized carbons (Fsp3) is 0.0424. The molecule has 0 spiro atoms. The molecule has 0 saturated carbocycles. The number of furan rings is 4. The summed E-state index contributed by atoms with van der Waals surface area (Å²) in [5, 5.41) is 22.0. The molecule has 0 bridgehead atoms. The van der Waals surface area contributed by atoms with Gasteiger partial charge in [-0.1, -0.05) is 260 Å². The highest BCUT2D eigenvalue weighted by Crippen LogP contribution is 2.43. The molecule has 128 heavy (non-hydrogen) atoms. The van der Waals surface area contributed by atoms with Crippen LogP contribution < -0.4 is 0 Å². The lowest BCUT2D eigenvalue weighted by Gasteiger charge is -2.08. The van der Waals surface area contributed by atoms with Crippen molar-refractivity contribution in [3.8, 4) is 28.4 Å². The molecule has 0 aliphatic heterocycles. The first-order valence-electron chi connectivity index (χ1n) is 43.6. The number of rotatable bonds is 5. The first kappa shape index (κ1) is 75.1. The van der Waals surface area contributed by atoms with Crippen molar-refractivity contribution in [1.29, 1.82) is 0 Å². The number of hydrogen-bond acceptors (Lipinski definition) is 5. The number of aryl methyl sites for hydroxylation is 5. The van der Waals surface area contributed by atoms with Crippen LogP contribution in [0, 0.1) is 34.6 Å². The molecule has 0 aliphatic carbocycles. The van der Waals surface area contributed by atoms with Crippen LogP contribution in [0.2, 0.25) is 0 Å². The van der Waals surface area contributed by atoms with Gasteiger partial charge in [-0.2, -0.15) is 0 Å².